The number of thiazole rings is 1. The predicted octanol–water partition coefficient (Wildman–Crippen LogP) is 2.21. The van der Waals surface area contributed by atoms with Crippen molar-refractivity contribution in [2.75, 3.05) is 12.8 Å². The van der Waals surface area contributed by atoms with E-state index in [1.165, 1.54) is 34.4 Å². The van der Waals surface area contributed by atoms with Crippen molar-refractivity contribution in [2.24, 2.45) is 0 Å². The van der Waals surface area contributed by atoms with E-state index in [1.54, 1.807) is 7.05 Å². The normalized spacial score (nSPS) is 10.4. The van der Waals surface area contributed by atoms with Crippen molar-refractivity contribution in [1.29, 1.82) is 0 Å². The van der Waals surface area contributed by atoms with Crippen molar-refractivity contribution >= 4 is 28.6 Å². The molecule has 2 aromatic rings. The summed E-state index contributed by atoms with van der Waals surface area (Å²) in [6.45, 7) is 2.21. The number of hydrogen-bond donors (Lipinski definition) is 1. The molecule has 0 saturated carbocycles. The number of aromatic nitrogens is 1. The molecule has 0 unspecified atom stereocenters. The fraction of sp³-hybridized carbons (Fsp3) is 0.231. The SMILES string of the molecule is Cc1nc(CN(C)C(=O)c2cccc([N+](=O)[O-])c2N)cs1. The van der Waals surface area contributed by atoms with Crippen LogP contribution >= 0.6 is 11.3 Å². The lowest BCUT2D eigenvalue weighted by Crippen LogP contribution is -2.27. The van der Waals surface area contributed by atoms with Gasteiger partial charge >= 0.3 is 0 Å². The van der Waals surface area contributed by atoms with Gasteiger partial charge in [0.05, 0.1) is 27.7 Å². The molecule has 0 atom stereocenters. The van der Waals surface area contributed by atoms with Crippen molar-refractivity contribution in [1.82, 2.24) is 9.88 Å². The van der Waals surface area contributed by atoms with Crippen molar-refractivity contribution in [3.8, 4) is 0 Å². The predicted molar refractivity (Wildman–Crippen MR) is 80.2 cm³/mol. The Kier molecular flexibility index (Phi) is 4.18. The summed E-state index contributed by atoms with van der Waals surface area (Å²) in [6, 6.07) is 4.20. The number of nitrogens with zero attached hydrogens (tertiary/aromatic N) is 3. The highest BCUT2D eigenvalue weighted by Crippen LogP contribution is 2.26. The molecule has 8 heteroatoms. The van der Waals surface area contributed by atoms with Crippen molar-refractivity contribution < 1.29 is 9.72 Å². The standard InChI is InChI=1S/C13H14N4O3S/c1-8-15-9(7-21-8)6-16(2)13(18)10-4-3-5-11(12(10)14)17(19)20/h3-5,7H,6,14H2,1-2H3. The second kappa shape index (κ2) is 5.88. The number of carbonyl (C=O) groups excluding carboxylic acids is 1. The van der Waals surface area contributed by atoms with Crippen LogP contribution in [0.4, 0.5) is 11.4 Å². The van der Waals surface area contributed by atoms with Crippen LogP contribution in [-0.2, 0) is 6.54 Å². The highest BCUT2D eigenvalue weighted by molar-refractivity contribution is 7.09. The molecule has 2 rings (SSSR count). The number of nitro benzene ring substituents is 1. The zero-order valence-corrected chi connectivity index (χ0v) is 12.4. The smallest absolute Gasteiger partial charge is 0.292 e. The average molecular weight is 306 g/mol. The van der Waals surface area contributed by atoms with Gasteiger partial charge in [-0.15, -0.1) is 11.3 Å². The van der Waals surface area contributed by atoms with E-state index in [2.05, 4.69) is 4.98 Å². The van der Waals surface area contributed by atoms with Crippen LogP contribution in [0.15, 0.2) is 23.6 Å². The van der Waals surface area contributed by atoms with E-state index < -0.39 is 4.92 Å². The number of hydrogen-bond acceptors (Lipinski definition) is 6. The van der Waals surface area contributed by atoms with Crippen molar-refractivity contribution in [3.63, 3.8) is 0 Å². The fourth-order valence-corrected chi connectivity index (χ4v) is 2.50. The second-order valence-electron chi connectivity index (χ2n) is 4.51. The van der Waals surface area contributed by atoms with E-state index in [9.17, 15) is 14.9 Å². The maximum atomic E-state index is 12.4. The van der Waals surface area contributed by atoms with E-state index >= 15 is 0 Å². The van der Waals surface area contributed by atoms with Gasteiger partial charge in [0.2, 0.25) is 0 Å². The van der Waals surface area contributed by atoms with Gasteiger partial charge in [0.25, 0.3) is 11.6 Å². The van der Waals surface area contributed by atoms with E-state index in [-0.39, 0.29) is 22.8 Å². The number of amides is 1. The lowest BCUT2D eigenvalue weighted by molar-refractivity contribution is -0.383. The molecular formula is C13H14N4O3S. The zero-order chi connectivity index (χ0) is 15.6. The number of aryl methyl sites for hydroxylation is 1. The van der Waals surface area contributed by atoms with Gasteiger partial charge in [-0.1, -0.05) is 6.07 Å². The van der Waals surface area contributed by atoms with Crippen LogP contribution in [0.5, 0.6) is 0 Å². The minimum absolute atomic E-state index is 0.117. The molecule has 0 bridgehead atoms. The van der Waals surface area contributed by atoms with Crippen LogP contribution in [0.3, 0.4) is 0 Å². The van der Waals surface area contributed by atoms with E-state index in [0.717, 1.165) is 10.7 Å². The summed E-state index contributed by atoms with van der Waals surface area (Å²) in [5.41, 5.74) is 6.23. The van der Waals surface area contributed by atoms with E-state index in [4.69, 9.17) is 5.73 Å². The molecule has 21 heavy (non-hydrogen) atoms. The molecule has 0 aliphatic rings. The largest absolute Gasteiger partial charge is 0.393 e. The number of nitrogen functional groups attached to an aromatic ring is 1. The Hall–Kier alpha value is -2.48. The number of anilines is 1. The molecule has 0 aliphatic heterocycles. The maximum Gasteiger partial charge on any atom is 0.292 e. The van der Waals surface area contributed by atoms with Gasteiger partial charge in [-0.05, 0) is 13.0 Å². The van der Waals surface area contributed by atoms with Gasteiger partial charge < -0.3 is 10.6 Å². The second-order valence-corrected chi connectivity index (χ2v) is 5.58. The summed E-state index contributed by atoms with van der Waals surface area (Å²) in [7, 11) is 1.61. The Morgan fingerprint density at radius 1 is 1.52 bits per heavy atom. The van der Waals surface area contributed by atoms with Crippen molar-refractivity contribution in [2.45, 2.75) is 13.5 Å². The summed E-state index contributed by atoms with van der Waals surface area (Å²) in [4.78, 5) is 28.3. The van der Waals surface area contributed by atoms with E-state index in [1.807, 2.05) is 12.3 Å². The van der Waals surface area contributed by atoms with Crippen LogP contribution in [0.2, 0.25) is 0 Å². The third kappa shape index (κ3) is 3.16. The van der Waals surface area contributed by atoms with Crippen LogP contribution in [-0.4, -0.2) is 27.8 Å². The first-order chi connectivity index (χ1) is 9.90. The molecule has 1 aromatic heterocycles. The first-order valence-corrected chi connectivity index (χ1v) is 6.97. The lowest BCUT2D eigenvalue weighted by atomic mass is 10.1. The summed E-state index contributed by atoms with van der Waals surface area (Å²) < 4.78 is 0. The Bertz CT molecular complexity index is 698. The van der Waals surface area contributed by atoms with Crippen LogP contribution in [0.1, 0.15) is 21.1 Å². The number of para-hydroxylation sites is 1. The quantitative estimate of drug-likeness (QED) is 0.530. The summed E-state index contributed by atoms with van der Waals surface area (Å²) in [5.74, 6) is -0.373. The number of nitrogens with two attached hydrogens (primary N) is 1. The zero-order valence-electron chi connectivity index (χ0n) is 11.6. The monoisotopic (exact) mass is 306 g/mol. The molecule has 0 fully saturated rings. The Balaban J connectivity index is 2.23. The van der Waals surface area contributed by atoms with Crippen molar-refractivity contribution in [3.05, 3.63) is 50.0 Å². The third-order valence-corrected chi connectivity index (χ3v) is 3.74. The van der Waals surface area contributed by atoms with Gasteiger partial charge in [-0.2, -0.15) is 0 Å². The third-order valence-electron chi connectivity index (χ3n) is 2.92. The maximum absolute atomic E-state index is 12.4. The van der Waals surface area contributed by atoms with Gasteiger partial charge in [0, 0.05) is 18.5 Å². The lowest BCUT2D eigenvalue weighted by Gasteiger charge is -2.17. The van der Waals surface area contributed by atoms with Gasteiger partial charge in [-0.3, -0.25) is 14.9 Å². The van der Waals surface area contributed by atoms with Crippen LogP contribution in [0, 0.1) is 17.0 Å². The van der Waals surface area contributed by atoms with Crippen LogP contribution in [0.25, 0.3) is 0 Å². The molecule has 1 amide bonds. The number of carbonyl (C=O) groups is 1. The molecule has 0 aliphatic carbocycles. The van der Waals surface area contributed by atoms with E-state index in [0.29, 0.717) is 6.54 Å². The number of benzene rings is 1. The highest BCUT2D eigenvalue weighted by atomic mass is 32.1. The average Bonchev–Trinajstić information content (AvgIpc) is 2.83. The van der Waals surface area contributed by atoms with Gasteiger partial charge in [0.1, 0.15) is 5.69 Å². The summed E-state index contributed by atoms with van der Waals surface area (Å²) in [6.07, 6.45) is 0. The molecule has 0 radical (unpaired) electrons. The molecular weight excluding hydrogens is 292 g/mol. The molecule has 1 heterocycles. The molecule has 2 N–H and O–H groups in total. The Labute approximate surface area is 125 Å². The van der Waals surface area contributed by atoms with Gasteiger partial charge in [-0.25, -0.2) is 4.98 Å². The van der Waals surface area contributed by atoms with Crippen LogP contribution < -0.4 is 5.73 Å². The minimum atomic E-state index is -0.601. The topological polar surface area (TPSA) is 102 Å². The van der Waals surface area contributed by atoms with Gasteiger partial charge in [0.15, 0.2) is 0 Å². The molecule has 7 nitrogen and oxygen atoms in total. The minimum Gasteiger partial charge on any atom is -0.393 e. The molecule has 0 spiro atoms. The Morgan fingerprint density at radius 3 is 2.81 bits per heavy atom. The molecule has 1 aromatic carbocycles. The highest BCUT2D eigenvalue weighted by Gasteiger charge is 2.21. The number of rotatable bonds is 4. The molecule has 110 valence electrons. The fourth-order valence-electron chi connectivity index (χ4n) is 1.90. The number of nitro groups is 1. The summed E-state index contributed by atoms with van der Waals surface area (Å²) in [5, 5.41) is 13.6. The summed E-state index contributed by atoms with van der Waals surface area (Å²) >= 11 is 1.50. The molecule has 0 saturated heterocycles. The first kappa shape index (κ1) is 14.9. The Morgan fingerprint density at radius 2 is 2.24 bits per heavy atom. The first-order valence-electron chi connectivity index (χ1n) is 6.09.